The number of rotatable bonds is 7. The zero-order chi connectivity index (χ0) is 15.1. The van der Waals surface area contributed by atoms with Gasteiger partial charge in [0.05, 0.1) is 6.61 Å². The van der Waals surface area contributed by atoms with Gasteiger partial charge < -0.3 is 15.0 Å². The number of hydrogen-bond donors (Lipinski definition) is 1. The van der Waals surface area contributed by atoms with Gasteiger partial charge in [-0.2, -0.15) is 0 Å². The van der Waals surface area contributed by atoms with Gasteiger partial charge in [0, 0.05) is 43.0 Å². The molecule has 2 heterocycles. The van der Waals surface area contributed by atoms with Crippen LogP contribution in [0.3, 0.4) is 0 Å². The van der Waals surface area contributed by atoms with E-state index in [0.29, 0.717) is 5.92 Å². The topological polar surface area (TPSA) is 37.4 Å². The van der Waals surface area contributed by atoms with Gasteiger partial charge in [-0.1, -0.05) is 6.92 Å². The normalized spacial score (nSPS) is 18.7. The van der Waals surface area contributed by atoms with E-state index >= 15 is 0 Å². The summed E-state index contributed by atoms with van der Waals surface area (Å²) >= 11 is 3.52. The van der Waals surface area contributed by atoms with Crippen LogP contribution in [0.2, 0.25) is 0 Å². The molecule has 0 amide bonds. The Morgan fingerprint density at radius 3 is 3.10 bits per heavy atom. The van der Waals surface area contributed by atoms with Crippen molar-refractivity contribution in [3.8, 4) is 0 Å². The molecule has 2 rings (SSSR count). The minimum Gasteiger partial charge on any atom is -0.381 e. The third kappa shape index (κ3) is 5.24. The van der Waals surface area contributed by atoms with Crippen molar-refractivity contribution in [3.63, 3.8) is 0 Å². The van der Waals surface area contributed by atoms with Crippen LogP contribution in [-0.2, 0) is 11.3 Å². The Labute approximate surface area is 136 Å². The summed E-state index contributed by atoms with van der Waals surface area (Å²) in [5, 5.41) is 3.47. The van der Waals surface area contributed by atoms with E-state index in [2.05, 4.69) is 51.2 Å². The van der Waals surface area contributed by atoms with Gasteiger partial charge in [-0.05, 0) is 53.7 Å². The lowest BCUT2D eigenvalue weighted by molar-refractivity contribution is 0.0576. The molecule has 0 radical (unpaired) electrons. The fourth-order valence-electron chi connectivity index (χ4n) is 2.77. The van der Waals surface area contributed by atoms with Gasteiger partial charge in [0.15, 0.2) is 0 Å². The molecule has 1 fully saturated rings. The summed E-state index contributed by atoms with van der Waals surface area (Å²) in [5.74, 6) is 1.69. The van der Waals surface area contributed by atoms with E-state index in [1.165, 1.54) is 18.4 Å². The highest BCUT2D eigenvalue weighted by molar-refractivity contribution is 9.10. The average molecular weight is 356 g/mol. The van der Waals surface area contributed by atoms with Crippen molar-refractivity contribution in [1.82, 2.24) is 10.3 Å². The van der Waals surface area contributed by atoms with Gasteiger partial charge >= 0.3 is 0 Å². The van der Waals surface area contributed by atoms with Crippen LogP contribution < -0.4 is 10.2 Å². The third-order valence-corrected chi connectivity index (χ3v) is 4.23. The molecule has 0 saturated carbocycles. The second kappa shape index (κ2) is 8.71. The number of pyridine rings is 1. The molecule has 4 nitrogen and oxygen atoms in total. The maximum absolute atomic E-state index is 5.58. The highest BCUT2D eigenvalue weighted by Gasteiger charge is 2.18. The van der Waals surface area contributed by atoms with E-state index in [1.807, 2.05) is 6.20 Å². The first-order valence-electron chi connectivity index (χ1n) is 7.84. The summed E-state index contributed by atoms with van der Waals surface area (Å²) in [7, 11) is 2.13. The van der Waals surface area contributed by atoms with E-state index in [1.54, 1.807) is 0 Å². The lowest BCUT2D eigenvalue weighted by Crippen LogP contribution is -2.32. The Balaban J connectivity index is 2.01. The molecule has 21 heavy (non-hydrogen) atoms. The zero-order valence-electron chi connectivity index (χ0n) is 13.1. The first kappa shape index (κ1) is 16.7. The van der Waals surface area contributed by atoms with Gasteiger partial charge in [-0.15, -0.1) is 0 Å². The number of nitrogens with one attached hydrogen (secondary N) is 1. The molecule has 1 aliphatic heterocycles. The van der Waals surface area contributed by atoms with Crippen LogP contribution in [0.25, 0.3) is 0 Å². The van der Waals surface area contributed by atoms with Crippen LogP contribution >= 0.6 is 15.9 Å². The van der Waals surface area contributed by atoms with Crippen molar-refractivity contribution < 1.29 is 4.74 Å². The summed E-state index contributed by atoms with van der Waals surface area (Å²) in [5.41, 5.74) is 1.25. The van der Waals surface area contributed by atoms with E-state index in [4.69, 9.17) is 4.74 Å². The second-order valence-electron chi connectivity index (χ2n) is 5.78. The summed E-state index contributed by atoms with van der Waals surface area (Å²) in [6.07, 6.45) is 5.46. The molecule has 1 N–H and O–H groups in total. The van der Waals surface area contributed by atoms with Gasteiger partial charge in [-0.25, -0.2) is 4.98 Å². The lowest BCUT2D eigenvalue weighted by atomic mass is 10.0. The predicted octanol–water partition coefficient (Wildman–Crippen LogP) is 3.21. The van der Waals surface area contributed by atoms with Crippen LogP contribution in [0.4, 0.5) is 5.82 Å². The lowest BCUT2D eigenvalue weighted by Gasteiger charge is -2.29. The summed E-state index contributed by atoms with van der Waals surface area (Å²) < 4.78 is 6.62. The van der Waals surface area contributed by atoms with Crippen LogP contribution in [-0.4, -0.2) is 38.3 Å². The van der Waals surface area contributed by atoms with Crippen molar-refractivity contribution in [3.05, 3.63) is 22.3 Å². The van der Waals surface area contributed by atoms with Gasteiger partial charge in [0.2, 0.25) is 0 Å². The largest absolute Gasteiger partial charge is 0.381 e. The Kier molecular flexibility index (Phi) is 6.93. The number of ether oxygens (including phenoxy) is 1. The number of halogens is 1. The molecule has 1 aromatic heterocycles. The maximum atomic E-state index is 5.58. The molecule has 5 heteroatoms. The maximum Gasteiger partial charge on any atom is 0.132 e. The number of hydrogen-bond acceptors (Lipinski definition) is 4. The summed E-state index contributed by atoms with van der Waals surface area (Å²) in [6.45, 7) is 6.89. The van der Waals surface area contributed by atoms with E-state index in [0.717, 1.165) is 49.6 Å². The first-order chi connectivity index (χ1) is 10.2. The minimum atomic E-state index is 0.616. The quantitative estimate of drug-likeness (QED) is 0.762. The van der Waals surface area contributed by atoms with Crippen molar-refractivity contribution >= 4 is 21.7 Å². The van der Waals surface area contributed by atoms with Crippen molar-refractivity contribution in [2.24, 2.45) is 5.92 Å². The average Bonchev–Trinajstić information content (AvgIpc) is 2.48. The number of nitrogens with zero attached hydrogens (tertiary/aromatic N) is 2. The summed E-state index contributed by atoms with van der Waals surface area (Å²) in [6, 6.07) is 2.17. The fourth-order valence-corrected chi connectivity index (χ4v) is 3.15. The molecule has 0 aromatic carbocycles. The second-order valence-corrected chi connectivity index (χ2v) is 6.69. The predicted molar refractivity (Wildman–Crippen MR) is 90.7 cm³/mol. The molecular weight excluding hydrogens is 330 g/mol. The van der Waals surface area contributed by atoms with Gasteiger partial charge in [0.1, 0.15) is 5.82 Å². The highest BCUT2D eigenvalue weighted by atomic mass is 79.9. The van der Waals surface area contributed by atoms with Gasteiger partial charge in [-0.3, -0.25) is 0 Å². The third-order valence-electron chi connectivity index (χ3n) is 3.80. The molecule has 1 atom stereocenters. The standard InChI is InChI=1S/C16H26BrN3O/c1-3-6-18-9-14-8-15(17)10-19-16(14)20(2)11-13-5-4-7-21-12-13/h8,10,13,18H,3-7,9,11-12H2,1-2H3. The smallest absolute Gasteiger partial charge is 0.132 e. The molecule has 1 unspecified atom stereocenters. The fraction of sp³-hybridized carbons (Fsp3) is 0.688. The Hall–Kier alpha value is -0.650. The number of aromatic nitrogens is 1. The Morgan fingerprint density at radius 1 is 1.52 bits per heavy atom. The molecule has 1 aliphatic rings. The number of anilines is 1. The van der Waals surface area contributed by atoms with Crippen LogP contribution in [0.15, 0.2) is 16.7 Å². The molecule has 1 saturated heterocycles. The molecule has 0 aliphatic carbocycles. The zero-order valence-corrected chi connectivity index (χ0v) is 14.7. The highest BCUT2D eigenvalue weighted by Crippen LogP contribution is 2.23. The van der Waals surface area contributed by atoms with Crippen molar-refractivity contribution in [2.75, 3.05) is 38.3 Å². The monoisotopic (exact) mass is 355 g/mol. The molecule has 0 bridgehead atoms. The first-order valence-corrected chi connectivity index (χ1v) is 8.64. The van der Waals surface area contributed by atoms with Crippen LogP contribution in [0.1, 0.15) is 31.7 Å². The SMILES string of the molecule is CCCNCc1cc(Br)cnc1N(C)CC1CCCOC1. The van der Waals surface area contributed by atoms with E-state index in [-0.39, 0.29) is 0 Å². The van der Waals surface area contributed by atoms with Crippen molar-refractivity contribution in [1.29, 1.82) is 0 Å². The van der Waals surface area contributed by atoms with Gasteiger partial charge in [0.25, 0.3) is 0 Å². The van der Waals surface area contributed by atoms with E-state index in [9.17, 15) is 0 Å². The Bertz CT molecular complexity index is 436. The molecule has 1 aromatic rings. The van der Waals surface area contributed by atoms with Crippen LogP contribution in [0.5, 0.6) is 0 Å². The molecule has 118 valence electrons. The van der Waals surface area contributed by atoms with E-state index < -0.39 is 0 Å². The van der Waals surface area contributed by atoms with Crippen molar-refractivity contribution in [2.45, 2.75) is 32.7 Å². The summed E-state index contributed by atoms with van der Waals surface area (Å²) in [4.78, 5) is 6.89. The Morgan fingerprint density at radius 2 is 2.38 bits per heavy atom. The molecule has 0 spiro atoms. The minimum absolute atomic E-state index is 0.616. The van der Waals surface area contributed by atoms with Crippen LogP contribution in [0, 0.1) is 5.92 Å². The molecular formula is C16H26BrN3O.